The maximum absolute atomic E-state index is 12.5. The summed E-state index contributed by atoms with van der Waals surface area (Å²) in [6.45, 7) is 0.189. The number of sulfonamides is 1. The predicted octanol–water partition coefficient (Wildman–Crippen LogP) is 1.36. The highest BCUT2D eigenvalue weighted by Gasteiger charge is 2.55. The number of nitrogens with zero attached hydrogens (tertiary/aromatic N) is 2. The van der Waals surface area contributed by atoms with Gasteiger partial charge >= 0.3 is 0 Å². The second kappa shape index (κ2) is 4.43. The minimum atomic E-state index is -3.78. The first-order chi connectivity index (χ1) is 9.37. The lowest BCUT2D eigenvalue weighted by molar-refractivity contribution is -0.0764. The van der Waals surface area contributed by atoms with E-state index in [1.54, 1.807) is 0 Å². The molecule has 1 saturated heterocycles. The number of hydrogen-bond acceptors (Lipinski definition) is 4. The molecule has 2 fully saturated rings. The molecule has 1 N–H and O–H groups in total. The third-order valence-corrected chi connectivity index (χ3v) is 5.99. The Kier molecular flexibility index (Phi) is 3.07. The van der Waals surface area contributed by atoms with Gasteiger partial charge in [-0.1, -0.05) is 11.6 Å². The molecule has 3 rings (SSSR count). The van der Waals surface area contributed by atoms with Gasteiger partial charge in [0.2, 0.25) is 10.0 Å². The smallest absolute Gasteiger partial charge is 0.244 e. The third-order valence-electron chi connectivity index (χ3n) is 3.92. The van der Waals surface area contributed by atoms with Crippen molar-refractivity contribution >= 4 is 21.6 Å². The zero-order valence-electron chi connectivity index (χ0n) is 10.6. The Hall–Kier alpha value is -1.13. The van der Waals surface area contributed by atoms with Gasteiger partial charge in [-0.25, -0.2) is 8.42 Å². The SMILES string of the molecule is N#Cc1ccc(Cl)cc1S(=O)(=O)N1CC(O)(C2CC2)C1. The molecule has 7 heteroatoms. The highest BCUT2D eigenvalue weighted by Crippen LogP contribution is 2.46. The summed E-state index contributed by atoms with van der Waals surface area (Å²) in [5, 5.41) is 19.5. The van der Waals surface area contributed by atoms with Crippen molar-refractivity contribution in [2.45, 2.75) is 23.3 Å². The molecule has 20 heavy (non-hydrogen) atoms. The number of aliphatic hydroxyl groups is 1. The number of rotatable bonds is 3. The van der Waals surface area contributed by atoms with Gasteiger partial charge in [0.05, 0.1) is 11.2 Å². The summed E-state index contributed by atoms with van der Waals surface area (Å²) in [5.41, 5.74) is -0.824. The molecule has 1 saturated carbocycles. The van der Waals surface area contributed by atoms with Crippen molar-refractivity contribution in [1.82, 2.24) is 4.31 Å². The quantitative estimate of drug-likeness (QED) is 0.913. The Balaban J connectivity index is 1.90. The van der Waals surface area contributed by atoms with Crippen LogP contribution in [0.5, 0.6) is 0 Å². The van der Waals surface area contributed by atoms with Crippen molar-refractivity contribution in [3.05, 3.63) is 28.8 Å². The monoisotopic (exact) mass is 312 g/mol. The lowest BCUT2D eigenvalue weighted by Crippen LogP contribution is -2.64. The molecule has 1 aromatic carbocycles. The van der Waals surface area contributed by atoms with Crippen molar-refractivity contribution in [1.29, 1.82) is 5.26 Å². The van der Waals surface area contributed by atoms with Crippen LogP contribution >= 0.6 is 11.6 Å². The molecule has 0 radical (unpaired) electrons. The molecule has 0 spiro atoms. The fourth-order valence-corrected chi connectivity index (χ4v) is 4.52. The molecule has 1 aliphatic carbocycles. The average Bonchev–Trinajstić information content (AvgIpc) is 3.19. The first kappa shape index (κ1) is 13.8. The number of hydrogen-bond donors (Lipinski definition) is 1. The van der Waals surface area contributed by atoms with E-state index in [-0.39, 0.29) is 34.5 Å². The van der Waals surface area contributed by atoms with Crippen molar-refractivity contribution in [2.75, 3.05) is 13.1 Å². The highest BCUT2D eigenvalue weighted by atomic mass is 35.5. The molecule has 0 bridgehead atoms. The molecular formula is C13H13ClN2O3S. The van der Waals surface area contributed by atoms with E-state index in [0.717, 1.165) is 12.8 Å². The van der Waals surface area contributed by atoms with Crippen molar-refractivity contribution in [3.8, 4) is 6.07 Å². The zero-order chi connectivity index (χ0) is 14.5. The largest absolute Gasteiger partial charge is 0.387 e. The van der Waals surface area contributed by atoms with E-state index >= 15 is 0 Å². The van der Waals surface area contributed by atoms with Gasteiger partial charge in [0.15, 0.2) is 0 Å². The number of nitriles is 1. The summed E-state index contributed by atoms with van der Waals surface area (Å²) < 4.78 is 26.2. The minimum Gasteiger partial charge on any atom is -0.387 e. The molecule has 0 unspecified atom stereocenters. The Labute approximate surface area is 122 Å². The summed E-state index contributed by atoms with van der Waals surface area (Å²) in [5.74, 6) is 0.212. The fourth-order valence-electron chi connectivity index (χ4n) is 2.55. The van der Waals surface area contributed by atoms with E-state index in [4.69, 9.17) is 16.9 Å². The maximum atomic E-state index is 12.5. The first-order valence-corrected chi connectivity index (χ1v) is 8.11. The van der Waals surface area contributed by atoms with Gasteiger partial charge in [-0.15, -0.1) is 0 Å². The van der Waals surface area contributed by atoms with Gasteiger partial charge < -0.3 is 5.11 Å². The van der Waals surface area contributed by atoms with Crippen LogP contribution in [-0.4, -0.2) is 36.5 Å². The molecule has 106 valence electrons. The van der Waals surface area contributed by atoms with Crippen molar-refractivity contribution in [2.24, 2.45) is 5.92 Å². The Morgan fingerprint density at radius 2 is 2.05 bits per heavy atom. The molecule has 2 aliphatic rings. The minimum absolute atomic E-state index is 0.0660. The normalized spacial score (nSPS) is 22.1. The summed E-state index contributed by atoms with van der Waals surface area (Å²) >= 11 is 5.82. The summed E-state index contributed by atoms with van der Waals surface area (Å²) in [7, 11) is -3.78. The lowest BCUT2D eigenvalue weighted by Gasteiger charge is -2.45. The van der Waals surface area contributed by atoms with E-state index in [2.05, 4.69) is 0 Å². The van der Waals surface area contributed by atoms with Crippen LogP contribution in [0.2, 0.25) is 5.02 Å². The fraction of sp³-hybridized carbons (Fsp3) is 0.462. The van der Waals surface area contributed by atoms with Crippen LogP contribution in [0.15, 0.2) is 23.1 Å². The predicted molar refractivity (Wildman–Crippen MR) is 72.6 cm³/mol. The van der Waals surface area contributed by atoms with Gasteiger partial charge in [0, 0.05) is 18.1 Å². The summed E-state index contributed by atoms with van der Waals surface area (Å²) in [4.78, 5) is -0.0923. The van der Waals surface area contributed by atoms with Crippen LogP contribution in [0, 0.1) is 17.2 Å². The summed E-state index contributed by atoms with van der Waals surface area (Å²) in [6, 6.07) is 6.02. The molecule has 0 aromatic heterocycles. The van der Waals surface area contributed by atoms with Crippen LogP contribution in [0.1, 0.15) is 18.4 Å². The number of halogens is 1. The Morgan fingerprint density at radius 3 is 2.60 bits per heavy atom. The van der Waals surface area contributed by atoms with E-state index in [9.17, 15) is 13.5 Å². The van der Waals surface area contributed by atoms with Crippen LogP contribution in [0.4, 0.5) is 0 Å². The Bertz CT molecular complexity index is 701. The van der Waals surface area contributed by atoms with Gasteiger partial charge in [-0.05, 0) is 37.0 Å². The highest BCUT2D eigenvalue weighted by molar-refractivity contribution is 7.89. The molecule has 1 aliphatic heterocycles. The lowest BCUT2D eigenvalue weighted by atomic mass is 9.91. The van der Waals surface area contributed by atoms with Gasteiger partial charge in [0.25, 0.3) is 0 Å². The number of benzene rings is 1. The van der Waals surface area contributed by atoms with E-state index in [1.807, 2.05) is 6.07 Å². The van der Waals surface area contributed by atoms with Crippen LogP contribution in [0.3, 0.4) is 0 Å². The molecule has 5 nitrogen and oxygen atoms in total. The van der Waals surface area contributed by atoms with Crippen LogP contribution < -0.4 is 0 Å². The molecule has 0 amide bonds. The average molecular weight is 313 g/mol. The molecule has 0 atom stereocenters. The molecule has 1 heterocycles. The van der Waals surface area contributed by atoms with E-state index < -0.39 is 15.6 Å². The standard InChI is InChI=1S/C13H13ClN2O3S/c14-11-4-1-9(6-15)12(5-11)20(18,19)16-7-13(17,8-16)10-2-3-10/h1,4-5,10,17H,2-3,7-8H2. The second-order valence-corrected chi connectivity index (χ2v) is 7.75. The second-order valence-electron chi connectivity index (χ2n) is 5.40. The van der Waals surface area contributed by atoms with Gasteiger partial charge in [-0.3, -0.25) is 0 Å². The van der Waals surface area contributed by atoms with Crippen molar-refractivity contribution in [3.63, 3.8) is 0 Å². The molecule has 1 aromatic rings. The van der Waals surface area contributed by atoms with Gasteiger partial charge in [-0.2, -0.15) is 9.57 Å². The summed E-state index contributed by atoms with van der Waals surface area (Å²) in [6.07, 6.45) is 1.90. The topological polar surface area (TPSA) is 81.4 Å². The van der Waals surface area contributed by atoms with Crippen LogP contribution in [0.25, 0.3) is 0 Å². The molecular weight excluding hydrogens is 300 g/mol. The van der Waals surface area contributed by atoms with Crippen LogP contribution in [-0.2, 0) is 10.0 Å². The van der Waals surface area contributed by atoms with Gasteiger partial charge in [0.1, 0.15) is 11.0 Å². The van der Waals surface area contributed by atoms with Crippen molar-refractivity contribution < 1.29 is 13.5 Å². The zero-order valence-corrected chi connectivity index (χ0v) is 12.2. The first-order valence-electron chi connectivity index (χ1n) is 6.29. The third kappa shape index (κ3) is 2.11. The number of β-amino-alcohol motifs (C(OH)–C–C–N with tert-alkyl or cyclic N) is 1. The van der Waals surface area contributed by atoms with E-state index in [0.29, 0.717) is 0 Å². The Morgan fingerprint density at radius 1 is 1.40 bits per heavy atom. The maximum Gasteiger partial charge on any atom is 0.244 e. The van der Waals surface area contributed by atoms with E-state index in [1.165, 1.54) is 22.5 Å².